The van der Waals surface area contributed by atoms with Crippen molar-refractivity contribution in [3.63, 3.8) is 0 Å². The summed E-state index contributed by atoms with van der Waals surface area (Å²) in [6.45, 7) is 10.3. The van der Waals surface area contributed by atoms with Gasteiger partial charge < -0.3 is 10.6 Å². The minimum atomic E-state index is 0.198. The van der Waals surface area contributed by atoms with Crippen LogP contribution in [-0.2, 0) is 0 Å². The predicted molar refractivity (Wildman–Crippen MR) is 90.4 cm³/mol. The summed E-state index contributed by atoms with van der Waals surface area (Å²) in [5.74, 6) is 1.83. The number of rotatable bonds is 6. The number of hydrogen-bond donors (Lipinski definition) is 1. The van der Waals surface area contributed by atoms with Gasteiger partial charge in [0.15, 0.2) is 0 Å². The number of thioether (sulfide) groups is 1. The molecule has 2 nitrogen and oxygen atoms in total. The maximum absolute atomic E-state index is 6.50. The molecule has 0 aliphatic heterocycles. The maximum Gasteiger partial charge on any atom is 0.0418 e. The van der Waals surface area contributed by atoms with E-state index in [-0.39, 0.29) is 6.04 Å². The van der Waals surface area contributed by atoms with E-state index in [0.29, 0.717) is 11.2 Å². The van der Waals surface area contributed by atoms with Crippen LogP contribution in [0.25, 0.3) is 0 Å². The van der Waals surface area contributed by atoms with Crippen molar-refractivity contribution in [1.82, 2.24) is 4.90 Å². The van der Waals surface area contributed by atoms with E-state index in [1.54, 1.807) is 0 Å². The summed E-state index contributed by atoms with van der Waals surface area (Å²) in [6.07, 6.45) is 1.21. The summed E-state index contributed by atoms with van der Waals surface area (Å²) in [5.41, 5.74) is 9.33. The zero-order valence-corrected chi connectivity index (χ0v) is 13.8. The van der Waals surface area contributed by atoms with Crippen molar-refractivity contribution in [3.05, 3.63) is 35.4 Å². The lowest BCUT2D eigenvalue weighted by molar-refractivity contribution is 0.323. The molecule has 1 aliphatic carbocycles. The summed E-state index contributed by atoms with van der Waals surface area (Å²) in [6, 6.07) is 8.92. The first-order valence-electron chi connectivity index (χ1n) is 7.85. The molecule has 0 saturated heterocycles. The molecule has 0 radical (unpaired) electrons. The number of hydrogen-bond acceptors (Lipinski definition) is 3. The molecule has 1 aromatic carbocycles. The third kappa shape index (κ3) is 3.57. The van der Waals surface area contributed by atoms with Gasteiger partial charge in [-0.25, -0.2) is 0 Å². The first-order chi connectivity index (χ1) is 9.67. The van der Waals surface area contributed by atoms with Crippen LogP contribution in [0.1, 0.15) is 50.3 Å². The maximum atomic E-state index is 6.50. The van der Waals surface area contributed by atoms with Gasteiger partial charge in [0.25, 0.3) is 0 Å². The second kappa shape index (κ2) is 7.48. The molecule has 0 fully saturated rings. The van der Waals surface area contributed by atoms with Crippen molar-refractivity contribution in [2.75, 3.05) is 25.4 Å². The molecule has 3 heteroatoms. The van der Waals surface area contributed by atoms with Gasteiger partial charge in [0, 0.05) is 23.6 Å². The molecule has 0 amide bonds. The molecular formula is C17H28N2S. The van der Waals surface area contributed by atoms with E-state index in [1.807, 2.05) is 0 Å². The second-order valence-corrected chi connectivity index (χ2v) is 7.07. The van der Waals surface area contributed by atoms with E-state index in [2.05, 4.69) is 61.7 Å². The molecule has 0 saturated carbocycles. The molecular weight excluding hydrogens is 264 g/mol. The molecule has 1 aliphatic rings. The van der Waals surface area contributed by atoms with E-state index in [0.717, 1.165) is 13.1 Å². The molecule has 2 N–H and O–H groups in total. The van der Waals surface area contributed by atoms with E-state index in [1.165, 1.54) is 29.8 Å². The first kappa shape index (κ1) is 15.9. The number of fused-ring (bicyclic) bond motifs is 1. The normalized spacial score (nSPS) is 25.8. The molecule has 3 unspecified atom stereocenters. The molecule has 112 valence electrons. The highest BCUT2D eigenvalue weighted by Crippen LogP contribution is 2.41. The number of benzene rings is 1. The third-order valence-electron chi connectivity index (χ3n) is 4.51. The third-order valence-corrected chi connectivity index (χ3v) is 5.84. The van der Waals surface area contributed by atoms with Gasteiger partial charge in [0.05, 0.1) is 0 Å². The fraction of sp³-hybridized carbons (Fsp3) is 0.647. The van der Waals surface area contributed by atoms with E-state index >= 15 is 0 Å². The molecule has 2 rings (SSSR count). The van der Waals surface area contributed by atoms with Crippen LogP contribution in [0.5, 0.6) is 0 Å². The van der Waals surface area contributed by atoms with Crippen LogP contribution < -0.4 is 5.73 Å². The van der Waals surface area contributed by atoms with Crippen molar-refractivity contribution in [2.24, 2.45) is 5.73 Å². The summed E-state index contributed by atoms with van der Waals surface area (Å²) in [7, 11) is 0. The fourth-order valence-corrected chi connectivity index (χ4v) is 4.58. The van der Waals surface area contributed by atoms with Gasteiger partial charge in [-0.15, -0.1) is 0 Å². The monoisotopic (exact) mass is 292 g/mol. The zero-order valence-electron chi connectivity index (χ0n) is 13.0. The molecule has 0 aromatic heterocycles. The Hall–Kier alpha value is -0.510. The zero-order chi connectivity index (χ0) is 14.5. The lowest BCUT2D eigenvalue weighted by Crippen LogP contribution is -2.32. The molecule has 0 bridgehead atoms. The van der Waals surface area contributed by atoms with Gasteiger partial charge in [0.2, 0.25) is 0 Å². The molecule has 3 atom stereocenters. The Kier molecular flexibility index (Phi) is 5.94. The van der Waals surface area contributed by atoms with Gasteiger partial charge >= 0.3 is 0 Å². The standard InChI is InChI=1S/C17H28N2S/c1-4-19(5-2)10-11-20-16-12-13(3)14-8-6-7-9-15(14)17(16)18/h6-9,13,16-17H,4-5,10-12,18H2,1-3H3. The summed E-state index contributed by atoms with van der Waals surface area (Å²) in [5, 5.41) is 0.565. The van der Waals surface area contributed by atoms with E-state index in [4.69, 9.17) is 5.73 Å². The molecule has 20 heavy (non-hydrogen) atoms. The molecule has 0 heterocycles. The highest BCUT2D eigenvalue weighted by molar-refractivity contribution is 7.99. The Bertz CT molecular complexity index is 417. The average Bonchev–Trinajstić information content (AvgIpc) is 2.48. The Labute approximate surface area is 128 Å². The fourth-order valence-electron chi connectivity index (χ4n) is 3.13. The lowest BCUT2D eigenvalue weighted by Gasteiger charge is -2.35. The molecule has 1 aromatic rings. The minimum absolute atomic E-state index is 0.198. The minimum Gasteiger partial charge on any atom is -0.323 e. The largest absolute Gasteiger partial charge is 0.323 e. The predicted octanol–water partition coefficient (Wildman–Crippen LogP) is 3.64. The Morgan fingerprint density at radius 2 is 1.85 bits per heavy atom. The van der Waals surface area contributed by atoms with Crippen molar-refractivity contribution >= 4 is 11.8 Å². The highest BCUT2D eigenvalue weighted by Gasteiger charge is 2.30. The van der Waals surface area contributed by atoms with Crippen LogP contribution in [0, 0.1) is 0 Å². The van der Waals surface area contributed by atoms with Gasteiger partial charge in [-0.3, -0.25) is 0 Å². The van der Waals surface area contributed by atoms with Gasteiger partial charge in [0.1, 0.15) is 0 Å². The Morgan fingerprint density at radius 1 is 1.20 bits per heavy atom. The lowest BCUT2D eigenvalue weighted by atomic mass is 9.81. The van der Waals surface area contributed by atoms with Crippen LogP contribution in [0.3, 0.4) is 0 Å². The van der Waals surface area contributed by atoms with E-state index < -0.39 is 0 Å². The van der Waals surface area contributed by atoms with E-state index in [9.17, 15) is 0 Å². The smallest absolute Gasteiger partial charge is 0.0418 e. The van der Waals surface area contributed by atoms with Crippen LogP contribution in [0.4, 0.5) is 0 Å². The number of nitrogens with two attached hydrogens (primary N) is 1. The van der Waals surface area contributed by atoms with Crippen LogP contribution in [0.15, 0.2) is 24.3 Å². The van der Waals surface area contributed by atoms with Crippen LogP contribution in [-0.4, -0.2) is 35.5 Å². The van der Waals surface area contributed by atoms with Crippen molar-refractivity contribution in [3.8, 4) is 0 Å². The van der Waals surface area contributed by atoms with Crippen LogP contribution >= 0.6 is 11.8 Å². The molecule has 0 spiro atoms. The second-order valence-electron chi connectivity index (χ2n) is 5.73. The van der Waals surface area contributed by atoms with Crippen molar-refractivity contribution < 1.29 is 0 Å². The van der Waals surface area contributed by atoms with Crippen molar-refractivity contribution in [1.29, 1.82) is 0 Å². The summed E-state index contributed by atoms with van der Waals surface area (Å²) >= 11 is 2.07. The summed E-state index contributed by atoms with van der Waals surface area (Å²) in [4.78, 5) is 2.48. The topological polar surface area (TPSA) is 29.3 Å². The quantitative estimate of drug-likeness (QED) is 0.868. The Balaban J connectivity index is 1.94. The average molecular weight is 292 g/mol. The van der Waals surface area contributed by atoms with Gasteiger partial charge in [-0.1, -0.05) is 45.0 Å². The van der Waals surface area contributed by atoms with Gasteiger partial charge in [-0.2, -0.15) is 11.8 Å². The highest BCUT2D eigenvalue weighted by atomic mass is 32.2. The van der Waals surface area contributed by atoms with Crippen LogP contribution in [0.2, 0.25) is 0 Å². The SMILES string of the molecule is CCN(CC)CCSC1CC(C)c2ccccc2C1N. The summed E-state index contributed by atoms with van der Waals surface area (Å²) < 4.78 is 0. The van der Waals surface area contributed by atoms with Crippen molar-refractivity contribution in [2.45, 2.75) is 44.4 Å². The number of nitrogens with zero attached hydrogens (tertiary/aromatic N) is 1. The van der Waals surface area contributed by atoms with Gasteiger partial charge in [-0.05, 0) is 36.6 Å². The first-order valence-corrected chi connectivity index (χ1v) is 8.90. The Morgan fingerprint density at radius 3 is 2.50 bits per heavy atom.